The number of carboxylic acid groups (broad SMARTS) is 1. The number of urea groups is 1. The van der Waals surface area contributed by atoms with Gasteiger partial charge in [0.2, 0.25) is 0 Å². The molecule has 0 radical (unpaired) electrons. The van der Waals surface area contributed by atoms with E-state index in [1.54, 1.807) is 0 Å². The van der Waals surface area contributed by atoms with Gasteiger partial charge in [-0.05, 0) is 64.0 Å². The van der Waals surface area contributed by atoms with E-state index in [9.17, 15) is 24.3 Å². The third kappa shape index (κ3) is 4.43. The fraction of sp³-hybridized carbons (Fsp3) is 0.0526. The predicted octanol–water partition coefficient (Wildman–Crippen LogP) is 2.28. The number of nitrogens with zero attached hydrogens (tertiary/aromatic N) is 1. The van der Waals surface area contributed by atoms with Crippen molar-refractivity contribution >= 4 is 51.5 Å². The summed E-state index contributed by atoms with van der Waals surface area (Å²) in [5.74, 6) is -2.58. The van der Waals surface area contributed by atoms with E-state index in [4.69, 9.17) is 9.84 Å². The quantitative estimate of drug-likeness (QED) is 0.460. The molecule has 1 aliphatic rings. The Labute approximate surface area is 172 Å². The van der Waals surface area contributed by atoms with Crippen LogP contribution in [0.2, 0.25) is 0 Å². The minimum Gasteiger partial charge on any atom is -0.508 e. The SMILES string of the molecule is O=C(O)COc1ccc(/C=C2\C(=O)NC(=O)N(c3ccc(O)cc3)C2=O)cc1Br. The van der Waals surface area contributed by atoms with Crippen LogP contribution in [0, 0.1) is 0 Å². The molecule has 148 valence electrons. The van der Waals surface area contributed by atoms with E-state index in [0.29, 0.717) is 10.0 Å². The first-order chi connectivity index (χ1) is 13.8. The van der Waals surface area contributed by atoms with Gasteiger partial charge in [0, 0.05) is 0 Å². The standard InChI is InChI=1S/C19H13BrN2O7/c20-14-8-10(1-6-15(14)29-9-16(24)25)7-13-17(26)21-19(28)22(18(13)27)11-2-4-12(23)5-3-11/h1-8,23H,9H2,(H,24,25)(H,21,26,28)/b13-7+. The molecule has 3 N–H and O–H groups in total. The second-order valence-corrected chi connectivity index (χ2v) is 6.70. The van der Waals surface area contributed by atoms with Gasteiger partial charge in [-0.2, -0.15) is 0 Å². The number of aliphatic carboxylic acids is 1. The number of carbonyl (C=O) groups is 4. The zero-order valence-electron chi connectivity index (χ0n) is 14.6. The monoisotopic (exact) mass is 460 g/mol. The molecule has 0 bridgehead atoms. The molecule has 10 heteroatoms. The molecule has 4 amide bonds. The van der Waals surface area contributed by atoms with Crippen molar-refractivity contribution in [3.05, 3.63) is 58.1 Å². The molecule has 0 saturated carbocycles. The van der Waals surface area contributed by atoms with Crippen molar-refractivity contribution in [3.63, 3.8) is 0 Å². The number of phenolic OH excluding ortho intramolecular Hbond substituents is 1. The fourth-order valence-electron chi connectivity index (χ4n) is 2.52. The molecule has 2 aromatic rings. The van der Waals surface area contributed by atoms with Crippen molar-refractivity contribution in [2.24, 2.45) is 0 Å². The maximum atomic E-state index is 12.8. The van der Waals surface area contributed by atoms with Gasteiger partial charge in [0.1, 0.15) is 17.1 Å². The molecule has 0 aromatic heterocycles. The number of nitrogens with one attached hydrogen (secondary N) is 1. The molecule has 1 heterocycles. The van der Waals surface area contributed by atoms with E-state index >= 15 is 0 Å². The molecule has 0 spiro atoms. The summed E-state index contributed by atoms with van der Waals surface area (Å²) in [6.45, 7) is -0.524. The molecule has 3 rings (SSSR count). The second-order valence-electron chi connectivity index (χ2n) is 5.85. The number of carboxylic acids is 1. The van der Waals surface area contributed by atoms with Gasteiger partial charge in [-0.15, -0.1) is 0 Å². The molecule has 0 atom stereocenters. The van der Waals surface area contributed by atoms with Crippen molar-refractivity contribution in [2.75, 3.05) is 11.5 Å². The van der Waals surface area contributed by atoms with Crippen molar-refractivity contribution in [1.82, 2.24) is 5.32 Å². The van der Waals surface area contributed by atoms with Crippen LogP contribution in [-0.4, -0.2) is 40.6 Å². The first-order valence-corrected chi connectivity index (χ1v) is 8.90. The number of phenols is 1. The number of halogens is 1. The maximum absolute atomic E-state index is 12.8. The van der Waals surface area contributed by atoms with Gasteiger partial charge in [-0.25, -0.2) is 14.5 Å². The summed E-state index contributed by atoms with van der Waals surface area (Å²) >= 11 is 3.24. The van der Waals surface area contributed by atoms with Crippen molar-refractivity contribution < 1.29 is 34.1 Å². The normalized spacial score (nSPS) is 15.4. The van der Waals surface area contributed by atoms with Crippen LogP contribution < -0.4 is 15.0 Å². The van der Waals surface area contributed by atoms with Crippen LogP contribution in [0.15, 0.2) is 52.5 Å². The number of rotatable bonds is 5. The Morgan fingerprint density at radius 2 is 1.83 bits per heavy atom. The van der Waals surface area contributed by atoms with Crippen LogP contribution in [-0.2, 0) is 14.4 Å². The van der Waals surface area contributed by atoms with Crippen molar-refractivity contribution in [2.45, 2.75) is 0 Å². The first kappa shape index (κ1) is 20.1. The van der Waals surface area contributed by atoms with E-state index in [1.165, 1.54) is 48.5 Å². The summed E-state index contributed by atoms with van der Waals surface area (Å²) in [6.07, 6.45) is 1.29. The Bertz CT molecular complexity index is 1050. The zero-order valence-corrected chi connectivity index (χ0v) is 16.2. The van der Waals surface area contributed by atoms with Gasteiger partial charge in [-0.3, -0.25) is 14.9 Å². The maximum Gasteiger partial charge on any atom is 0.341 e. The molecular formula is C19H13BrN2O7. The molecule has 2 aromatic carbocycles. The highest BCUT2D eigenvalue weighted by Crippen LogP contribution is 2.28. The number of carbonyl (C=O) groups excluding carboxylic acids is 3. The Hall–Kier alpha value is -3.66. The minimum atomic E-state index is -1.13. The number of amides is 4. The Balaban J connectivity index is 1.91. The molecule has 9 nitrogen and oxygen atoms in total. The van der Waals surface area contributed by atoms with Gasteiger partial charge < -0.3 is 14.9 Å². The average Bonchev–Trinajstić information content (AvgIpc) is 2.65. The Morgan fingerprint density at radius 1 is 1.14 bits per heavy atom. The van der Waals surface area contributed by atoms with E-state index < -0.39 is 30.4 Å². The molecule has 0 aliphatic carbocycles. The zero-order chi connectivity index (χ0) is 21.1. The molecule has 29 heavy (non-hydrogen) atoms. The first-order valence-electron chi connectivity index (χ1n) is 8.11. The largest absolute Gasteiger partial charge is 0.508 e. The number of anilines is 1. The lowest BCUT2D eigenvalue weighted by atomic mass is 10.1. The van der Waals surface area contributed by atoms with Crippen LogP contribution in [0.5, 0.6) is 11.5 Å². The lowest BCUT2D eigenvalue weighted by Crippen LogP contribution is -2.54. The van der Waals surface area contributed by atoms with Crippen LogP contribution in [0.4, 0.5) is 10.5 Å². The smallest absolute Gasteiger partial charge is 0.341 e. The highest BCUT2D eigenvalue weighted by Gasteiger charge is 2.36. The van der Waals surface area contributed by atoms with Crippen LogP contribution in [0.3, 0.4) is 0 Å². The lowest BCUT2D eigenvalue weighted by molar-refractivity contribution is -0.139. The summed E-state index contributed by atoms with van der Waals surface area (Å²) in [4.78, 5) is 48.5. The third-order valence-corrected chi connectivity index (χ3v) is 4.45. The minimum absolute atomic E-state index is 0.0412. The van der Waals surface area contributed by atoms with Crippen molar-refractivity contribution in [3.8, 4) is 11.5 Å². The van der Waals surface area contributed by atoms with Gasteiger partial charge in [0.05, 0.1) is 10.2 Å². The summed E-state index contributed by atoms with van der Waals surface area (Å²) < 4.78 is 5.52. The van der Waals surface area contributed by atoms with E-state index in [-0.39, 0.29) is 22.8 Å². The van der Waals surface area contributed by atoms with E-state index in [1.807, 2.05) is 0 Å². The summed E-state index contributed by atoms with van der Waals surface area (Å²) in [5.41, 5.74) is 0.351. The number of ether oxygens (including phenoxy) is 1. The second kappa shape index (κ2) is 8.15. The highest BCUT2D eigenvalue weighted by atomic mass is 79.9. The predicted molar refractivity (Wildman–Crippen MR) is 104 cm³/mol. The molecule has 1 saturated heterocycles. The van der Waals surface area contributed by atoms with Crippen LogP contribution in [0.25, 0.3) is 6.08 Å². The number of hydrogen-bond donors (Lipinski definition) is 3. The fourth-order valence-corrected chi connectivity index (χ4v) is 3.03. The molecule has 1 fully saturated rings. The summed E-state index contributed by atoms with van der Waals surface area (Å²) in [6, 6.07) is 8.99. The summed E-state index contributed by atoms with van der Waals surface area (Å²) in [7, 11) is 0. The topological polar surface area (TPSA) is 133 Å². The van der Waals surface area contributed by atoms with E-state index in [0.717, 1.165) is 4.90 Å². The Kier molecular flexibility index (Phi) is 5.64. The molecule has 1 aliphatic heterocycles. The average molecular weight is 461 g/mol. The van der Waals surface area contributed by atoms with Gasteiger partial charge in [0.15, 0.2) is 6.61 Å². The highest BCUT2D eigenvalue weighted by molar-refractivity contribution is 9.10. The number of aromatic hydroxyl groups is 1. The number of imide groups is 2. The van der Waals surface area contributed by atoms with E-state index in [2.05, 4.69) is 21.2 Å². The number of barbiturate groups is 1. The molecule has 0 unspecified atom stereocenters. The van der Waals surface area contributed by atoms with Crippen LogP contribution >= 0.6 is 15.9 Å². The lowest BCUT2D eigenvalue weighted by Gasteiger charge is -2.26. The number of benzene rings is 2. The Morgan fingerprint density at radius 3 is 2.45 bits per heavy atom. The van der Waals surface area contributed by atoms with Gasteiger partial charge in [0.25, 0.3) is 11.8 Å². The third-order valence-electron chi connectivity index (χ3n) is 3.83. The van der Waals surface area contributed by atoms with Crippen molar-refractivity contribution in [1.29, 1.82) is 0 Å². The van der Waals surface area contributed by atoms with Crippen LogP contribution in [0.1, 0.15) is 5.56 Å². The number of hydrogen-bond acceptors (Lipinski definition) is 6. The van der Waals surface area contributed by atoms with Gasteiger partial charge in [-0.1, -0.05) is 6.07 Å². The summed E-state index contributed by atoms with van der Waals surface area (Å²) in [5, 5.41) is 20.1. The van der Waals surface area contributed by atoms with Gasteiger partial charge >= 0.3 is 12.0 Å². The molecular weight excluding hydrogens is 448 g/mol.